The van der Waals surface area contributed by atoms with Crippen LogP contribution < -0.4 is 0 Å². The van der Waals surface area contributed by atoms with Crippen molar-refractivity contribution in [2.75, 3.05) is 12.4 Å². The van der Waals surface area contributed by atoms with Crippen molar-refractivity contribution in [2.24, 2.45) is 0 Å². The fraction of sp³-hybridized carbons (Fsp3) is 0.533. The van der Waals surface area contributed by atoms with E-state index in [1.807, 2.05) is 4.90 Å². The van der Waals surface area contributed by atoms with Gasteiger partial charge in [-0.25, -0.2) is 4.39 Å². The lowest BCUT2D eigenvalue weighted by Gasteiger charge is -2.35. The van der Waals surface area contributed by atoms with Gasteiger partial charge in [-0.3, -0.25) is 4.79 Å². The molecule has 104 valence electrons. The number of carbonyl (C=O) groups excluding carboxylic acids is 1. The van der Waals surface area contributed by atoms with Gasteiger partial charge < -0.3 is 4.90 Å². The maximum absolute atomic E-state index is 13.3. The van der Waals surface area contributed by atoms with Gasteiger partial charge in [-0.2, -0.15) is 0 Å². The number of amides is 1. The highest BCUT2D eigenvalue weighted by atomic mass is 35.5. The molecule has 1 aliphatic heterocycles. The van der Waals surface area contributed by atoms with Crippen molar-refractivity contribution in [3.05, 3.63) is 35.1 Å². The highest BCUT2D eigenvalue weighted by Crippen LogP contribution is 2.23. The van der Waals surface area contributed by atoms with E-state index in [-0.39, 0.29) is 17.8 Å². The highest BCUT2D eigenvalue weighted by molar-refractivity contribution is 6.17. The minimum Gasteiger partial charge on any atom is -0.336 e. The van der Waals surface area contributed by atoms with Crippen LogP contribution in [0.2, 0.25) is 0 Å². The van der Waals surface area contributed by atoms with E-state index in [9.17, 15) is 9.18 Å². The second kappa shape index (κ2) is 6.38. The first-order valence-electron chi connectivity index (χ1n) is 6.76. The Morgan fingerprint density at radius 3 is 2.95 bits per heavy atom. The predicted octanol–water partition coefficient (Wildman–Crippen LogP) is 3.76. The molecular formula is C15H19ClFNO. The zero-order chi connectivity index (χ0) is 13.8. The number of carbonyl (C=O) groups is 1. The monoisotopic (exact) mass is 283 g/mol. The van der Waals surface area contributed by atoms with Crippen LogP contribution in [0.3, 0.4) is 0 Å². The smallest absolute Gasteiger partial charge is 0.254 e. The number of hydrogen-bond donors (Lipinski definition) is 0. The van der Waals surface area contributed by atoms with Crippen LogP contribution in [0.15, 0.2) is 18.2 Å². The SMILES string of the molecule is Cc1cc(C(=O)N2CCCCC2CCCl)ccc1F. The average Bonchev–Trinajstić information content (AvgIpc) is 2.42. The largest absolute Gasteiger partial charge is 0.336 e. The van der Waals surface area contributed by atoms with Gasteiger partial charge in [0.05, 0.1) is 0 Å². The average molecular weight is 284 g/mol. The molecule has 19 heavy (non-hydrogen) atoms. The molecule has 0 bridgehead atoms. The third-order valence-corrected chi connectivity index (χ3v) is 3.95. The number of hydrogen-bond acceptors (Lipinski definition) is 1. The Kier molecular flexibility index (Phi) is 4.81. The normalized spacial score (nSPS) is 19.5. The molecule has 0 N–H and O–H groups in total. The number of alkyl halides is 1. The van der Waals surface area contributed by atoms with E-state index < -0.39 is 0 Å². The molecule has 0 spiro atoms. The zero-order valence-electron chi connectivity index (χ0n) is 11.2. The van der Waals surface area contributed by atoms with Crippen LogP contribution in [-0.4, -0.2) is 29.3 Å². The first-order chi connectivity index (χ1) is 9.13. The van der Waals surface area contributed by atoms with Crippen molar-refractivity contribution in [1.29, 1.82) is 0 Å². The Morgan fingerprint density at radius 2 is 2.26 bits per heavy atom. The quantitative estimate of drug-likeness (QED) is 0.774. The van der Waals surface area contributed by atoms with Crippen LogP contribution in [0.25, 0.3) is 0 Å². The molecule has 1 aromatic carbocycles. The molecule has 1 unspecified atom stereocenters. The summed E-state index contributed by atoms with van der Waals surface area (Å²) in [5, 5.41) is 0. The van der Waals surface area contributed by atoms with E-state index >= 15 is 0 Å². The fourth-order valence-corrected chi connectivity index (χ4v) is 2.89. The van der Waals surface area contributed by atoms with Gasteiger partial charge in [0.25, 0.3) is 5.91 Å². The van der Waals surface area contributed by atoms with Gasteiger partial charge in [0, 0.05) is 24.0 Å². The summed E-state index contributed by atoms with van der Waals surface area (Å²) in [6.45, 7) is 2.45. The van der Waals surface area contributed by atoms with Gasteiger partial charge in [-0.15, -0.1) is 11.6 Å². The van der Waals surface area contributed by atoms with Crippen LogP contribution in [-0.2, 0) is 0 Å². The van der Waals surface area contributed by atoms with E-state index in [0.29, 0.717) is 17.0 Å². The molecule has 2 nitrogen and oxygen atoms in total. The lowest BCUT2D eigenvalue weighted by molar-refractivity contribution is 0.0609. The molecule has 1 amide bonds. The maximum Gasteiger partial charge on any atom is 0.254 e. The molecule has 0 aromatic heterocycles. The van der Waals surface area contributed by atoms with Crippen LogP contribution in [0.1, 0.15) is 41.6 Å². The van der Waals surface area contributed by atoms with Gasteiger partial charge in [0.2, 0.25) is 0 Å². The molecule has 2 rings (SSSR count). The third kappa shape index (κ3) is 3.27. The second-order valence-corrected chi connectivity index (χ2v) is 5.47. The second-order valence-electron chi connectivity index (χ2n) is 5.09. The van der Waals surface area contributed by atoms with Gasteiger partial charge in [0.15, 0.2) is 0 Å². The summed E-state index contributed by atoms with van der Waals surface area (Å²) >= 11 is 5.81. The fourth-order valence-electron chi connectivity index (χ4n) is 2.64. The van der Waals surface area contributed by atoms with E-state index in [2.05, 4.69) is 0 Å². The molecule has 1 fully saturated rings. The number of rotatable bonds is 3. The molecule has 1 aliphatic rings. The molecule has 1 aromatic rings. The van der Waals surface area contributed by atoms with Gasteiger partial charge in [-0.05, 0) is 56.4 Å². The third-order valence-electron chi connectivity index (χ3n) is 3.74. The van der Waals surface area contributed by atoms with Crippen molar-refractivity contribution in [1.82, 2.24) is 4.90 Å². The first-order valence-corrected chi connectivity index (χ1v) is 7.30. The minimum absolute atomic E-state index is 0.00193. The van der Waals surface area contributed by atoms with E-state index in [1.165, 1.54) is 6.07 Å². The topological polar surface area (TPSA) is 20.3 Å². The van der Waals surface area contributed by atoms with Crippen LogP contribution in [0, 0.1) is 12.7 Å². The van der Waals surface area contributed by atoms with E-state index in [4.69, 9.17) is 11.6 Å². The lowest BCUT2D eigenvalue weighted by Crippen LogP contribution is -2.44. The van der Waals surface area contributed by atoms with Gasteiger partial charge in [-0.1, -0.05) is 0 Å². The Hall–Kier alpha value is -1.09. The minimum atomic E-state index is -0.271. The van der Waals surface area contributed by atoms with Crippen molar-refractivity contribution in [3.8, 4) is 0 Å². The summed E-state index contributed by atoms with van der Waals surface area (Å²) in [4.78, 5) is 14.4. The van der Waals surface area contributed by atoms with E-state index in [0.717, 1.165) is 32.2 Å². The molecule has 1 atom stereocenters. The van der Waals surface area contributed by atoms with Crippen molar-refractivity contribution >= 4 is 17.5 Å². The standard InChI is InChI=1S/C15H19ClFNO/c1-11-10-12(5-6-14(11)17)15(19)18-9-3-2-4-13(18)7-8-16/h5-6,10,13H,2-4,7-9H2,1H3. The number of likely N-dealkylation sites (tertiary alicyclic amines) is 1. The molecule has 1 heterocycles. The van der Waals surface area contributed by atoms with Crippen molar-refractivity contribution < 1.29 is 9.18 Å². The van der Waals surface area contributed by atoms with Gasteiger partial charge in [0.1, 0.15) is 5.82 Å². The molecule has 0 saturated carbocycles. The number of aryl methyl sites for hydroxylation is 1. The van der Waals surface area contributed by atoms with Crippen LogP contribution in [0.5, 0.6) is 0 Å². The first kappa shape index (κ1) is 14.3. The number of benzene rings is 1. The summed E-state index contributed by atoms with van der Waals surface area (Å²) in [6.07, 6.45) is 4.02. The Balaban J connectivity index is 2.18. The molecule has 1 saturated heterocycles. The number of piperidine rings is 1. The zero-order valence-corrected chi connectivity index (χ0v) is 11.9. The summed E-state index contributed by atoms with van der Waals surface area (Å²) < 4.78 is 13.3. The molecule has 0 aliphatic carbocycles. The Morgan fingerprint density at radius 1 is 1.47 bits per heavy atom. The number of nitrogens with zero attached hydrogens (tertiary/aromatic N) is 1. The summed E-state index contributed by atoms with van der Waals surface area (Å²) in [5.41, 5.74) is 1.08. The predicted molar refractivity (Wildman–Crippen MR) is 75.1 cm³/mol. The van der Waals surface area contributed by atoms with Gasteiger partial charge >= 0.3 is 0 Å². The van der Waals surface area contributed by atoms with E-state index in [1.54, 1.807) is 19.1 Å². The highest BCUT2D eigenvalue weighted by Gasteiger charge is 2.27. The lowest BCUT2D eigenvalue weighted by atomic mass is 9.98. The summed E-state index contributed by atoms with van der Waals surface area (Å²) in [5.74, 6) is 0.294. The molecule has 4 heteroatoms. The summed E-state index contributed by atoms with van der Waals surface area (Å²) in [6, 6.07) is 4.79. The Labute approximate surface area is 118 Å². The molecule has 0 radical (unpaired) electrons. The Bertz CT molecular complexity index is 461. The van der Waals surface area contributed by atoms with Crippen LogP contribution >= 0.6 is 11.6 Å². The maximum atomic E-state index is 13.3. The summed E-state index contributed by atoms with van der Waals surface area (Å²) in [7, 11) is 0. The molecular weight excluding hydrogens is 265 g/mol. The van der Waals surface area contributed by atoms with Crippen molar-refractivity contribution in [3.63, 3.8) is 0 Å². The number of halogens is 2. The van der Waals surface area contributed by atoms with Crippen LogP contribution in [0.4, 0.5) is 4.39 Å². The van der Waals surface area contributed by atoms with Crippen molar-refractivity contribution in [2.45, 2.75) is 38.6 Å².